The molecule has 3 aromatic rings. The van der Waals surface area contributed by atoms with Crippen LogP contribution in [-0.2, 0) is 6.42 Å². The van der Waals surface area contributed by atoms with Gasteiger partial charge in [0.05, 0.1) is 11.6 Å². The van der Waals surface area contributed by atoms with E-state index < -0.39 is 5.97 Å². The molecule has 0 spiro atoms. The topological polar surface area (TPSA) is 97.2 Å². The highest BCUT2D eigenvalue weighted by atomic mass is 16.5. The number of aromatic nitrogens is 3. The summed E-state index contributed by atoms with van der Waals surface area (Å²) in [7, 11) is 0. The summed E-state index contributed by atoms with van der Waals surface area (Å²) in [6.07, 6.45) is 7.61. The number of benzene rings is 1. The fourth-order valence-electron chi connectivity index (χ4n) is 2.89. The van der Waals surface area contributed by atoms with Crippen LogP contribution in [-0.4, -0.2) is 38.7 Å². The molecule has 0 saturated carbocycles. The minimum absolute atomic E-state index is 0.0317. The molecule has 26 heavy (non-hydrogen) atoms. The molecule has 2 aromatic heterocycles. The number of carbonyl (C=O) groups is 1. The molecular formula is C19H16N4O3. The largest absolute Gasteiger partial charge is 0.491 e. The van der Waals surface area contributed by atoms with E-state index in [2.05, 4.69) is 20.3 Å². The van der Waals surface area contributed by atoms with Crippen molar-refractivity contribution in [3.05, 3.63) is 66.2 Å². The van der Waals surface area contributed by atoms with Gasteiger partial charge in [0.15, 0.2) is 0 Å². The minimum atomic E-state index is -0.947. The molecule has 4 rings (SSSR count). The number of aromatic carboxylic acids is 1. The molecule has 1 aromatic carbocycles. The van der Waals surface area contributed by atoms with Crippen molar-refractivity contribution in [3.8, 4) is 16.9 Å². The van der Waals surface area contributed by atoms with Crippen molar-refractivity contribution in [2.24, 2.45) is 0 Å². The maximum Gasteiger partial charge on any atom is 0.335 e. The van der Waals surface area contributed by atoms with E-state index in [-0.39, 0.29) is 11.6 Å². The van der Waals surface area contributed by atoms with E-state index in [0.29, 0.717) is 19.0 Å². The van der Waals surface area contributed by atoms with Crippen LogP contribution in [0.2, 0.25) is 0 Å². The Balaban J connectivity index is 1.47. The van der Waals surface area contributed by atoms with E-state index in [1.165, 1.54) is 0 Å². The third kappa shape index (κ3) is 3.32. The van der Waals surface area contributed by atoms with Crippen molar-refractivity contribution in [2.45, 2.75) is 12.5 Å². The molecule has 7 nitrogen and oxygen atoms in total. The Morgan fingerprint density at radius 2 is 2.00 bits per heavy atom. The van der Waals surface area contributed by atoms with Crippen molar-refractivity contribution >= 4 is 11.9 Å². The number of rotatable bonds is 4. The van der Waals surface area contributed by atoms with Gasteiger partial charge in [0, 0.05) is 35.9 Å². The number of hydrogen-bond acceptors (Lipinski definition) is 6. The first-order chi connectivity index (χ1) is 12.7. The zero-order chi connectivity index (χ0) is 17.9. The van der Waals surface area contributed by atoms with Gasteiger partial charge >= 0.3 is 5.97 Å². The van der Waals surface area contributed by atoms with Gasteiger partial charge in [-0.25, -0.2) is 14.8 Å². The molecular weight excluding hydrogens is 332 g/mol. The average Bonchev–Trinajstić information content (AvgIpc) is 2.68. The fourth-order valence-corrected chi connectivity index (χ4v) is 2.89. The number of carboxylic acid groups (broad SMARTS) is 1. The lowest BCUT2D eigenvalue weighted by Crippen LogP contribution is -2.33. The average molecular weight is 348 g/mol. The van der Waals surface area contributed by atoms with Gasteiger partial charge in [0.1, 0.15) is 12.4 Å². The normalized spacial score (nSPS) is 15.6. The summed E-state index contributed by atoms with van der Waals surface area (Å²) in [6, 6.07) is 8.69. The van der Waals surface area contributed by atoms with Crippen LogP contribution in [0.1, 0.15) is 15.9 Å². The van der Waals surface area contributed by atoms with Crippen LogP contribution < -0.4 is 10.1 Å². The Kier molecular flexibility index (Phi) is 4.18. The minimum Gasteiger partial charge on any atom is -0.491 e. The first-order valence-electron chi connectivity index (χ1n) is 8.17. The molecule has 3 heterocycles. The third-order valence-corrected chi connectivity index (χ3v) is 4.19. The predicted octanol–water partition coefficient (Wildman–Crippen LogP) is 2.65. The van der Waals surface area contributed by atoms with Gasteiger partial charge in [-0.3, -0.25) is 4.98 Å². The van der Waals surface area contributed by atoms with Crippen molar-refractivity contribution in [1.29, 1.82) is 0 Å². The summed E-state index contributed by atoms with van der Waals surface area (Å²) in [6.45, 7) is 0.465. The second-order valence-electron chi connectivity index (χ2n) is 6.02. The second kappa shape index (κ2) is 6.79. The van der Waals surface area contributed by atoms with Gasteiger partial charge in [-0.2, -0.15) is 0 Å². The number of carboxylic acids is 1. The van der Waals surface area contributed by atoms with Crippen LogP contribution in [0.5, 0.6) is 5.75 Å². The van der Waals surface area contributed by atoms with E-state index in [1.807, 2.05) is 12.1 Å². The quantitative estimate of drug-likeness (QED) is 0.748. The lowest BCUT2D eigenvalue weighted by molar-refractivity contribution is 0.0696. The summed E-state index contributed by atoms with van der Waals surface area (Å²) in [5.41, 5.74) is 2.96. The number of fused-ring (bicyclic) bond motifs is 1. The van der Waals surface area contributed by atoms with E-state index in [0.717, 1.165) is 22.4 Å². The highest BCUT2D eigenvalue weighted by Crippen LogP contribution is 2.27. The molecule has 2 N–H and O–H groups in total. The van der Waals surface area contributed by atoms with Crippen LogP contribution in [0.3, 0.4) is 0 Å². The standard InChI is InChI=1S/C19H16N4O3/c24-18(25)12-3-4-17-14(6-12)7-16(11-26-17)23-19-21-9-15(10-22-19)13-2-1-5-20-8-13/h1-6,8-10,16H,7,11H2,(H,24,25)(H,21,22,23). The number of ether oxygens (including phenoxy) is 1. The second-order valence-corrected chi connectivity index (χ2v) is 6.02. The van der Waals surface area contributed by atoms with Gasteiger partial charge in [-0.1, -0.05) is 6.07 Å². The van der Waals surface area contributed by atoms with Crippen molar-refractivity contribution < 1.29 is 14.6 Å². The summed E-state index contributed by atoms with van der Waals surface area (Å²) in [5, 5.41) is 12.4. The number of anilines is 1. The van der Waals surface area contributed by atoms with Gasteiger partial charge < -0.3 is 15.2 Å². The molecule has 1 aliphatic heterocycles. The molecule has 1 unspecified atom stereocenters. The van der Waals surface area contributed by atoms with Crippen molar-refractivity contribution in [3.63, 3.8) is 0 Å². The number of pyridine rings is 1. The molecule has 0 bridgehead atoms. The van der Waals surface area contributed by atoms with E-state index in [4.69, 9.17) is 9.84 Å². The first kappa shape index (κ1) is 16.0. The van der Waals surface area contributed by atoms with Crippen LogP contribution in [0.15, 0.2) is 55.1 Å². The summed E-state index contributed by atoms with van der Waals surface area (Å²) < 4.78 is 5.72. The van der Waals surface area contributed by atoms with E-state index in [9.17, 15) is 4.79 Å². The van der Waals surface area contributed by atoms with Gasteiger partial charge in [-0.05, 0) is 36.2 Å². The van der Waals surface area contributed by atoms with Gasteiger partial charge in [0.25, 0.3) is 0 Å². The Morgan fingerprint density at radius 1 is 1.15 bits per heavy atom. The van der Waals surface area contributed by atoms with Gasteiger partial charge in [-0.15, -0.1) is 0 Å². The Labute approximate surface area is 149 Å². The first-order valence-corrected chi connectivity index (χ1v) is 8.17. The molecule has 130 valence electrons. The highest BCUT2D eigenvalue weighted by molar-refractivity contribution is 5.88. The van der Waals surface area contributed by atoms with Crippen molar-refractivity contribution in [1.82, 2.24) is 15.0 Å². The number of nitrogens with zero attached hydrogens (tertiary/aromatic N) is 3. The molecule has 0 radical (unpaired) electrons. The Hall–Kier alpha value is -3.48. The smallest absolute Gasteiger partial charge is 0.335 e. The van der Waals surface area contributed by atoms with Crippen molar-refractivity contribution in [2.75, 3.05) is 11.9 Å². The van der Waals surface area contributed by atoms with E-state index in [1.54, 1.807) is 43.0 Å². The summed E-state index contributed by atoms with van der Waals surface area (Å²) >= 11 is 0. The lowest BCUT2D eigenvalue weighted by atomic mass is 10.0. The summed E-state index contributed by atoms with van der Waals surface area (Å²) in [5.74, 6) is 0.280. The number of nitrogens with one attached hydrogen (secondary N) is 1. The zero-order valence-corrected chi connectivity index (χ0v) is 13.8. The zero-order valence-electron chi connectivity index (χ0n) is 13.8. The number of hydrogen-bond donors (Lipinski definition) is 2. The molecule has 0 fully saturated rings. The van der Waals surface area contributed by atoms with Crippen LogP contribution in [0, 0.1) is 0 Å². The molecule has 7 heteroatoms. The molecule has 0 amide bonds. The monoisotopic (exact) mass is 348 g/mol. The Bertz CT molecular complexity index is 929. The molecule has 1 atom stereocenters. The predicted molar refractivity (Wildman–Crippen MR) is 95.3 cm³/mol. The van der Waals surface area contributed by atoms with Crippen LogP contribution in [0.4, 0.5) is 5.95 Å². The maximum atomic E-state index is 11.1. The molecule has 0 aliphatic carbocycles. The molecule has 0 saturated heterocycles. The van der Waals surface area contributed by atoms with Gasteiger partial charge in [0.2, 0.25) is 5.95 Å². The maximum absolute atomic E-state index is 11.1. The van der Waals surface area contributed by atoms with Crippen LogP contribution >= 0.6 is 0 Å². The van der Waals surface area contributed by atoms with E-state index >= 15 is 0 Å². The van der Waals surface area contributed by atoms with Crippen LogP contribution in [0.25, 0.3) is 11.1 Å². The molecule has 1 aliphatic rings. The SMILES string of the molecule is O=C(O)c1ccc2c(c1)CC(Nc1ncc(-c3cccnc3)cn1)CO2. The summed E-state index contributed by atoms with van der Waals surface area (Å²) in [4.78, 5) is 23.9. The fraction of sp³-hybridized carbons (Fsp3) is 0.158. The third-order valence-electron chi connectivity index (χ3n) is 4.19. The lowest BCUT2D eigenvalue weighted by Gasteiger charge is -2.26. The Morgan fingerprint density at radius 3 is 2.73 bits per heavy atom. The highest BCUT2D eigenvalue weighted by Gasteiger charge is 2.21.